The molecule has 1 aromatic rings. The van der Waals surface area contributed by atoms with Gasteiger partial charge in [0.25, 0.3) is 0 Å². The Balaban J connectivity index is 2.41. The van der Waals surface area contributed by atoms with E-state index in [1.165, 1.54) is 4.90 Å². The van der Waals surface area contributed by atoms with Gasteiger partial charge in [-0.05, 0) is 18.4 Å². The number of nitrogens with zero attached hydrogens (tertiary/aromatic N) is 1. The molecule has 0 aromatic heterocycles. The largest absolute Gasteiger partial charge is 0.365 e. The van der Waals surface area contributed by atoms with Crippen molar-refractivity contribution < 1.29 is 17.6 Å². The molecule has 0 aliphatic carbocycles. The van der Waals surface area contributed by atoms with Crippen LogP contribution in [-0.4, -0.2) is 25.7 Å². The zero-order valence-electron chi connectivity index (χ0n) is 12.4. The first-order chi connectivity index (χ1) is 9.71. The molecule has 1 atom stereocenters. The molecule has 2 nitrogen and oxygen atoms in total. The molecule has 1 aliphatic rings. The van der Waals surface area contributed by atoms with Crippen LogP contribution in [0.15, 0.2) is 6.07 Å². The van der Waals surface area contributed by atoms with Crippen LogP contribution in [0, 0.1) is 28.7 Å². The molecular weight excluding hydrogens is 284 g/mol. The fourth-order valence-electron chi connectivity index (χ4n) is 2.54. The van der Waals surface area contributed by atoms with Gasteiger partial charge in [0.15, 0.2) is 23.3 Å². The predicted octanol–water partition coefficient (Wildman–Crippen LogP) is 3.46. The molecule has 21 heavy (non-hydrogen) atoms. The normalized spacial score (nSPS) is 20.5. The topological polar surface area (TPSA) is 15.3 Å². The first-order valence-electron chi connectivity index (χ1n) is 7.03. The van der Waals surface area contributed by atoms with Gasteiger partial charge in [-0.2, -0.15) is 0 Å². The second-order valence-electron chi connectivity index (χ2n) is 6.49. The van der Waals surface area contributed by atoms with Crippen molar-refractivity contribution in [3.63, 3.8) is 0 Å². The third kappa shape index (κ3) is 3.31. The van der Waals surface area contributed by atoms with Gasteiger partial charge in [0.2, 0.25) is 0 Å². The van der Waals surface area contributed by atoms with Crippen LogP contribution in [0.2, 0.25) is 0 Å². The number of hydrogen-bond donors (Lipinski definition) is 1. The van der Waals surface area contributed by atoms with Gasteiger partial charge >= 0.3 is 0 Å². The highest BCUT2D eigenvalue weighted by molar-refractivity contribution is 5.50. The number of benzene rings is 1. The van der Waals surface area contributed by atoms with Gasteiger partial charge in [-0.15, -0.1) is 0 Å². The van der Waals surface area contributed by atoms with Gasteiger partial charge in [-0.1, -0.05) is 20.8 Å². The summed E-state index contributed by atoms with van der Waals surface area (Å²) in [4.78, 5) is 1.40. The molecular formula is C15H20F4N2. The van der Waals surface area contributed by atoms with E-state index in [0.29, 0.717) is 26.1 Å². The van der Waals surface area contributed by atoms with Gasteiger partial charge < -0.3 is 10.2 Å². The minimum atomic E-state index is -1.37. The summed E-state index contributed by atoms with van der Waals surface area (Å²) >= 11 is 0. The molecule has 0 radical (unpaired) electrons. The smallest absolute Gasteiger partial charge is 0.185 e. The molecule has 0 amide bonds. The van der Waals surface area contributed by atoms with Crippen LogP contribution in [-0.2, 0) is 0 Å². The average Bonchev–Trinajstić information content (AvgIpc) is 2.62. The highest BCUT2D eigenvalue weighted by Gasteiger charge is 2.31. The van der Waals surface area contributed by atoms with E-state index in [-0.39, 0.29) is 17.5 Å². The van der Waals surface area contributed by atoms with Gasteiger partial charge in [0, 0.05) is 25.2 Å². The maximum atomic E-state index is 13.9. The Bertz CT molecular complexity index is 499. The molecule has 1 N–H and O–H groups in total. The quantitative estimate of drug-likeness (QED) is 0.631. The first kappa shape index (κ1) is 16.1. The number of nitrogens with one attached hydrogen (secondary N) is 1. The Labute approximate surface area is 122 Å². The highest BCUT2D eigenvalue weighted by atomic mass is 19.2. The molecule has 0 saturated carbocycles. The Morgan fingerprint density at radius 3 is 2.19 bits per heavy atom. The number of anilines is 1. The third-order valence-corrected chi connectivity index (χ3v) is 3.85. The molecule has 1 fully saturated rings. The maximum Gasteiger partial charge on any atom is 0.185 e. The summed E-state index contributed by atoms with van der Waals surface area (Å²) in [5.41, 5.74) is -0.744. The highest BCUT2D eigenvalue weighted by Crippen LogP contribution is 2.31. The van der Waals surface area contributed by atoms with Crippen molar-refractivity contribution in [1.29, 1.82) is 0 Å². The third-order valence-electron chi connectivity index (χ3n) is 3.85. The summed E-state index contributed by atoms with van der Waals surface area (Å²) in [5, 5.41) is 3.32. The Morgan fingerprint density at radius 2 is 1.67 bits per heavy atom. The second kappa shape index (κ2) is 5.83. The van der Waals surface area contributed by atoms with E-state index >= 15 is 0 Å². The van der Waals surface area contributed by atoms with Crippen LogP contribution in [0.4, 0.5) is 23.2 Å². The minimum Gasteiger partial charge on any atom is -0.365 e. The molecule has 0 bridgehead atoms. The summed E-state index contributed by atoms with van der Waals surface area (Å²) in [6, 6.07) is 0.205. The molecule has 0 spiro atoms. The van der Waals surface area contributed by atoms with Crippen molar-refractivity contribution in [2.45, 2.75) is 33.2 Å². The van der Waals surface area contributed by atoms with E-state index in [4.69, 9.17) is 0 Å². The van der Waals surface area contributed by atoms with Gasteiger partial charge in [-0.3, -0.25) is 0 Å². The zero-order chi connectivity index (χ0) is 15.8. The van der Waals surface area contributed by atoms with Gasteiger partial charge in [0.05, 0.1) is 0 Å². The molecule has 1 heterocycles. The Kier molecular flexibility index (Phi) is 4.46. The molecule has 2 rings (SSSR count). The summed E-state index contributed by atoms with van der Waals surface area (Å²) in [7, 11) is 0. The summed E-state index contributed by atoms with van der Waals surface area (Å²) in [6.07, 6.45) is 0.642. The van der Waals surface area contributed by atoms with Crippen molar-refractivity contribution >= 4 is 5.69 Å². The molecule has 1 aliphatic heterocycles. The summed E-state index contributed by atoms with van der Waals surface area (Å²) in [6.45, 7) is 7.35. The second-order valence-corrected chi connectivity index (χ2v) is 6.49. The van der Waals surface area contributed by atoms with E-state index in [1.807, 2.05) is 20.8 Å². The monoisotopic (exact) mass is 304 g/mol. The lowest BCUT2D eigenvalue weighted by Gasteiger charge is -2.34. The standard InChI is InChI=1S/C15H20F4N2/c1-15(2,3)11-8-21(6-4-5-20-11)14-12(18)9(16)7-10(17)13(14)19/h7,11,20H,4-6,8H2,1-3H3. The van der Waals surface area contributed by atoms with E-state index in [9.17, 15) is 17.6 Å². The van der Waals surface area contributed by atoms with Crippen molar-refractivity contribution in [3.05, 3.63) is 29.3 Å². The lowest BCUT2D eigenvalue weighted by molar-refractivity contribution is 0.279. The molecule has 1 unspecified atom stereocenters. The van der Waals surface area contributed by atoms with Crippen molar-refractivity contribution in [3.8, 4) is 0 Å². The van der Waals surface area contributed by atoms with Crippen molar-refractivity contribution in [2.75, 3.05) is 24.5 Å². The summed E-state index contributed by atoms with van der Waals surface area (Å²) in [5.74, 6) is -5.39. The number of rotatable bonds is 1. The van der Waals surface area contributed by atoms with Crippen LogP contribution in [0.3, 0.4) is 0 Å². The van der Waals surface area contributed by atoms with Crippen molar-refractivity contribution in [1.82, 2.24) is 5.32 Å². The van der Waals surface area contributed by atoms with Crippen LogP contribution in [0.25, 0.3) is 0 Å². The minimum absolute atomic E-state index is 0.0369. The zero-order valence-corrected chi connectivity index (χ0v) is 12.4. The fraction of sp³-hybridized carbons (Fsp3) is 0.600. The number of halogens is 4. The molecule has 6 heteroatoms. The van der Waals surface area contributed by atoms with E-state index in [0.717, 1.165) is 0 Å². The SMILES string of the molecule is CC(C)(C)C1CN(c2c(F)c(F)cc(F)c2F)CCCN1. The van der Waals surface area contributed by atoms with E-state index in [2.05, 4.69) is 5.32 Å². The van der Waals surface area contributed by atoms with Crippen LogP contribution < -0.4 is 10.2 Å². The van der Waals surface area contributed by atoms with Gasteiger partial charge in [-0.25, -0.2) is 17.6 Å². The fourth-order valence-corrected chi connectivity index (χ4v) is 2.54. The van der Waals surface area contributed by atoms with Crippen molar-refractivity contribution in [2.24, 2.45) is 5.41 Å². The Morgan fingerprint density at radius 1 is 1.10 bits per heavy atom. The predicted molar refractivity (Wildman–Crippen MR) is 74.3 cm³/mol. The lowest BCUT2D eigenvalue weighted by Crippen LogP contribution is -2.46. The average molecular weight is 304 g/mol. The van der Waals surface area contributed by atoms with E-state index < -0.39 is 29.0 Å². The lowest BCUT2D eigenvalue weighted by atomic mass is 9.86. The van der Waals surface area contributed by atoms with Crippen LogP contribution >= 0.6 is 0 Å². The van der Waals surface area contributed by atoms with Gasteiger partial charge in [0.1, 0.15) is 5.69 Å². The maximum absolute atomic E-state index is 13.9. The van der Waals surface area contributed by atoms with Crippen LogP contribution in [0.1, 0.15) is 27.2 Å². The number of hydrogen-bond acceptors (Lipinski definition) is 2. The molecule has 1 saturated heterocycles. The first-order valence-corrected chi connectivity index (χ1v) is 7.03. The van der Waals surface area contributed by atoms with Crippen LogP contribution in [0.5, 0.6) is 0 Å². The van der Waals surface area contributed by atoms with E-state index in [1.54, 1.807) is 0 Å². The summed E-state index contributed by atoms with van der Waals surface area (Å²) < 4.78 is 54.6. The molecule has 1 aromatic carbocycles. The molecule has 118 valence electrons. The Hall–Kier alpha value is -1.30.